The Labute approximate surface area is 132 Å². The Morgan fingerprint density at radius 1 is 1.43 bits per heavy atom. The minimum atomic E-state index is -1.01. The fraction of sp³-hybridized carbons (Fsp3) is 0.312. The van der Waals surface area contributed by atoms with Gasteiger partial charge >= 0.3 is 0 Å². The maximum absolute atomic E-state index is 14.1. The van der Waals surface area contributed by atoms with E-state index in [1.807, 2.05) is 0 Å². The summed E-state index contributed by atoms with van der Waals surface area (Å²) in [5.74, 6) is -1.49. The van der Waals surface area contributed by atoms with Crippen LogP contribution < -0.4 is 10.6 Å². The minimum Gasteiger partial charge on any atom is -0.354 e. The molecule has 2 amide bonds. The SMILES string of the molecule is Cn1cc(-c2ccc(F)c(C(=O)NC3(C)CCNC3=O)c2)cn1. The molecular weight excluding hydrogens is 299 g/mol. The Balaban J connectivity index is 1.90. The van der Waals surface area contributed by atoms with Gasteiger partial charge < -0.3 is 10.6 Å². The Bertz CT molecular complexity index is 786. The van der Waals surface area contributed by atoms with E-state index in [0.717, 1.165) is 5.56 Å². The standard InChI is InChI=1S/C16H17FN4O2/c1-16(5-6-18-15(16)23)20-14(22)12-7-10(3-4-13(12)17)11-8-19-21(2)9-11/h3-4,7-9H,5-6H2,1-2H3,(H,18,23)(H,20,22). The predicted molar refractivity (Wildman–Crippen MR) is 82.1 cm³/mol. The Morgan fingerprint density at radius 3 is 2.83 bits per heavy atom. The van der Waals surface area contributed by atoms with Gasteiger partial charge in [0.2, 0.25) is 5.91 Å². The van der Waals surface area contributed by atoms with Gasteiger partial charge in [-0.05, 0) is 31.0 Å². The van der Waals surface area contributed by atoms with E-state index in [2.05, 4.69) is 15.7 Å². The summed E-state index contributed by atoms with van der Waals surface area (Å²) in [5, 5.41) is 9.36. The van der Waals surface area contributed by atoms with Crippen LogP contribution in [0.25, 0.3) is 11.1 Å². The lowest BCUT2D eigenvalue weighted by Gasteiger charge is -2.22. The van der Waals surface area contributed by atoms with Crippen LogP contribution in [0, 0.1) is 5.82 Å². The fourth-order valence-electron chi connectivity index (χ4n) is 2.62. The highest BCUT2D eigenvalue weighted by Crippen LogP contribution is 2.23. The van der Waals surface area contributed by atoms with Crippen molar-refractivity contribution < 1.29 is 14.0 Å². The van der Waals surface area contributed by atoms with Crippen molar-refractivity contribution in [3.8, 4) is 11.1 Å². The lowest BCUT2D eigenvalue weighted by molar-refractivity contribution is -0.123. The van der Waals surface area contributed by atoms with Crippen LogP contribution in [0.1, 0.15) is 23.7 Å². The normalized spacial score (nSPS) is 20.4. The summed E-state index contributed by atoms with van der Waals surface area (Å²) >= 11 is 0. The summed E-state index contributed by atoms with van der Waals surface area (Å²) in [6, 6.07) is 4.30. The van der Waals surface area contributed by atoms with Gasteiger partial charge in [0.1, 0.15) is 11.4 Å². The number of carbonyl (C=O) groups excluding carboxylic acids is 2. The summed E-state index contributed by atoms with van der Waals surface area (Å²) in [5.41, 5.74) is 0.373. The highest BCUT2D eigenvalue weighted by molar-refractivity contribution is 6.00. The van der Waals surface area contributed by atoms with Gasteiger partial charge in [0.15, 0.2) is 0 Å². The molecule has 1 aliphatic heterocycles. The summed E-state index contributed by atoms with van der Waals surface area (Å²) in [6.07, 6.45) is 3.89. The van der Waals surface area contributed by atoms with Crippen LogP contribution in [0.5, 0.6) is 0 Å². The second kappa shape index (κ2) is 5.49. The molecule has 0 aliphatic carbocycles. The Kier molecular flexibility index (Phi) is 3.63. The maximum atomic E-state index is 14.1. The van der Waals surface area contributed by atoms with Gasteiger partial charge in [-0.3, -0.25) is 14.3 Å². The van der Waals surface area contributed by atoms with E-state index in [-0.39, 0.29) is 11.5 Å². The number of hydrogen-bond donors (Lipinski definition) is 2. The van der Waals surface area contributed by atoms with Crippen molar-refractivity contribution in [2.45, 2.75) is 18.9 Å². The van der Waals surface area contributed by atoms with Gasteiger partial charge in [-0.1, -0.05) is 6.07 Å². The molecule has 1 aromatic heterocycles. The molecule has 2 heterocycles. The molecule has 0 saturated carbocycles. The highest BCUT2D eigenvalue weighted by atomic mass is 19.1. The molecule has 1 unspecified atom stereocenters. The van der Waals surface area contributed by atoms with Crippen LogP contribution in [-0.4, -0.2) is 33.7 Å². The number of benzene rings is 1. The smallest absolute Gasteiger partial charge is 0.255 e. The molecule has 1 atom stereocenters. The highest BCUT2D eigenvalue weighted by Gasteiger charge is 2.39. The van der Waals surface area contributed by atoms with Gasteiger partial charge in [0.05, 0.1) is 11.8 Å². The van der Waals surface area contributed by atoms with Crippen molar-refractivity contribution in [3.05, 3.63) is 42.0 Å². The zero-order valence-electron chi connectivity index (χ0n) is 12.9. The number of halogens is 1. The molecule has 1 fully saturated rings. The number of rotatable bonds is 3. The van der Waals surface area contributed by atoms with Crippen LogP contribution in [0.4, 0.5) is 4.39 Å². The summed E-state index contributed by atoms with van der Waals surface area (Å²) in [4.78, 5) is 24.2. The van der Waals surface area contributed by atoms with E-state index in [4.69, 9.17) is 0 Å². The van der Waals surface area contributed by atoms with Crippen LogP contribution in [0.15, 0.2) is 30.6 Å². The number of aryl methyl sites for hydroxylation is 1. The first kappa shape index (κ1) is 15.2. The zero-order valence-corrected chi connectivity index (χ0v) is 12.9. The average Bonchev–Trinajstić information content (AvgIpc) is 3.06. The number of nitrogens with one attached hydrogen (secondary N) is 2. The topological polar surface area (TPSA) is 76.0 Å². The molecule has 0 spiro atoms. The van der Waals surface area contributed by atoms with E-state index in [9.17, 15) is 14.0 Å². The van der Waals surface area contributed by atoms with Crippen LogP contribution >= 0.6 is 0 Å². The van der Waals surface area contributed by atoms with Crippen molar-refractivity contribution >= 4 is 11.8 Å². The van der Waals surface area contributed by atoms with Crippen molar-refractivity contribution in [2.24, 2.45) is 7.05 Å². The van der Waals surface area contributed by atoms with E-state index in [0.29, 0.717) is 18.5 Å². The first-order valence-corrected chi connectivity index (χ1v) is 7.28. The molecule has 3 rings (SSSR count). The molecular formula is C16H17FN4O2. The van der Waals surface area contributed by atoms with Gasteiger partial charge in [-0.15, -0.1) is 0 Å². The van der Waals surface area contributed by atoms with Crippen LogP contribution in [0.2, 0.25) is 0 Å². The second-order valence-electron chi connectivity index (χ2n) is 5.89. The first-order valence-electron chi connectivity index (χ1n) is 7.28. The predicted octanol–water partition coefficient (Wildman–Crippen LogP) is 1.23. The maximum Gasteiger partial charge on any atom is 0.255 e. The monoisotopic (exact) mass is 316 g/mol. The van der Waals surface area contributed by atoms with Gasteiger partial charge in [-0.25, -0.2) is 4.39 Å². The molecule has 0 radical (unpaired) electrons. The molecule has 7 heteroatoms. The third kappa shape index (κ3) is 2.81. The molecule has 2 aromatic rings. The quantitative estimate of drug-likeness (QED) is 0.894. The molecule has 1 aliphatic rings. The van der Waals surface area contributed by atoms with Crippen LogP contribution in [0.3, 0.4) is 0 Å². The molecule has 1 aromatic carbocycles. The summed E-state index contributed by atoms with van der Waals surface area (Å²) < 4.78 is 15.7. The molecule has 0 bridgehead atoms. The van der Waals surface area contributed by atoms with Crippen molar-refractivity contribution in [1.29, 1.82) is 0 Å². The molecule has 2 N–H and O–H groups in total. The lowest BCUT2D eigenvalue weighted by atomic mass is 9.99. The third-order valence-electron chi connectivity index (χ3n) is 4.05. The number of carbonyl (C=O) groups is 2. The Morgan fingerprint density at radius 2 is 2.22 bits per heavy atom. The van der Waals surface area contributed by atoms with E-state index in [1.54, 1.807) is 37.1 Å². The van der Waals surface area contributed by atoms with Crippen LogP contribution in [-0.2, 0) is 11.8 Å². The summed E-state index contributed by atoms with van der Waals surface area (Å²) in [7, 11) is 1.78. The zero-order chi connectivity index (χ0) is 16.6. The molecule has 1 saturated heterocycles. The van der Waals surface area contributed by atoms with Crippen molar-refractivity contribution in [2.75, 3.05) is 6.54 Å². The van der Waals surface area contributed by atoms with Gasteiger partial charge in [-0.2, -0.15) is 5.10 Å². The number of aromatic nitrogens is 2. The lowest BCUT2D eigenvalue weighted by Crippen LogP contribution is -2.51. The van der Waals surface area contributed by atoms with Crippen molar-refractivity contribution in [1.82, 2.24) is 20.4 Å². The first-order chi connectivity index (χ1) is 10.9. The third-order valence-corrected chi connectivity index (χ3v) is 4.05. The van der Waals surface area contributed by atoms with E-state index >= 15 is 0 Å². The molecule has 120 valence electrons. The van der Waals surface area contributed by atoms with Crippen molar-refractivity contribution in [3.63, 3.8) is 0 Å². The minimum absolute atomic E-state index is 0.0905. The molecule has 6 nitrogen and oxygen atoms in total. The second-order valence-corrected chi connectivity index (χ2v) is 5.89. The van der Waals surface area contributed by atoms with Gasteiger partial charge in [0.25, 0.3) is 5.91 Å². The fourth-order valence-corrected chi connectivity index (χ4v) is 2.62. The number of hydrogen-bond acceptors (Lipinski definition) is 3. The Hall–Kier alpha value is -2.70. The number of nitrogens with zero attached hydrogens (tertiary/aromatic N) is 2. The van der Waals surface area contributed by atoms with E-state index in [1.165, 1.54) is 12.1 Å². The van der Waals surface area contributed by atoms with E-state index < -0.39 is 17.3 Å². The average molecular weight is 316 g/mol. The van der Waals surface area contributed by atoms with Gasteiger partial charge in [0, 0.05) is 25.4 Å². The number of amides is 2. The summed E-state index contributed by atoms with van der Waals surface area (Å²) in [6.45, 7) is 2.13. The largest absolute Gasteiger partial charge is 0.354 e. The molecule has 23 heavy (non-hydrogen) atoms.